The molecule has 2 aliphatic heterocycles. The molecule has 0 bridgehead atoms. The van der Waals surface area contributed by atoms with Gasteiger partial charge in [0, 0.05) is 0 Å². The van der Waals surface area contributed by atoms with Gasteiger partial charge in [0.25, 0.3) is 0 Å². The molecule has 0 aliphatic carbocycles. The standard InChI is InChI=1S/C20H23N2O5P/c1-2-25-28(21-17(19(23)26-28)13-15-9-5-3-6-10-15)22-18(20(24)27-28)14-16-11-7-4-8-12-16/h3-12,17-18,21-22H,2,13-14H2,1H3/t17-,18-/m0/s1. The summed E-state index contributed by atoms with van der Waals surface area (Å²) in [6.45, 7) is 1.98. The zero-order valence-electron chi connectivity index (χ0n) is 15.5. The third-order valence-corrected chi connectivity index (χ3v) is 8.03. The molecule has 0 aromatic heterocycles. The molecule has 0 saturated carbocycles. The molecule has 7 nitrogen and oxygen atoms in total. The summed E-state index contributed by atoms with van der Waals surface area (Å²) in [5.41, 5.74) is 1.94. The van der Waals surface area contributed by atoms with Gasteiger partial charge in [-0.1, -0.05) is 0 Å². The molecule has 2 atom stereocenters. The minimum absolute atomic E-state index is 0.217. The van der Waals surface area contributed by atoms with E-state index >= 15 is 0 Å². The summed E-state index contributed by atoms with van der Waals surface area (Å²) in [5.74, 6) is -0.980. The van der Waals surface area contributed by atoms with E-state index in [1.807, 2.05) is 60.7 Å². The fourth-order valence-corrected chi connectivity index (χ4v) is 7.00. The Bertz CT molecular complexity index is 807. The normalized spacial score (nSPS) is 26.4. The summed E-state index contributed by atoms with van der Waals surface area (Å²) in [4.78, 5) is 25.3. The first-order valence-corrected chi connectivity index (χ1v) is 11.3. The van der Waals surface area contributed by atoms with Crippen LogP contribution in [0, 0.1) is 0 Å². The van der Waals surface area contributed by atoms with Gasteiger partial charge in [-0.25, -0.2) is 0 Å². The molecular weight excluding hydrogens is 379 g/mol. The first-order chi connectivity index (χ1) is 13.5. The molecular formula is C20H23N2O5P. The molecule has 2 aromatic rings. The number of hydrogen-bond acceptors (Lipinski definition) is 7. The zero-order valence-corrected chi connectivity index (χ0v) is 16.4. The molecule has 2 N–H and O–H groups in total. The number of rotatable bonds is 6. The molecule has 2 heterocycles. The van der Waals surface area contributed by atoms with E-state index in [4.69, 9.17) is 13.6 Å². The van der Waals surface area contributed by atoms with Crippen LogP contribution < -0.4 is 10.2 Å². The van der Waals surface area contributed by atoms with Crippen molar-refractivity contribution in [1.29, 1.82) is 0 Å². The Hall–Kier alpha value is -2.31. The van der Waals surface area contributed by atoms with Crippen molar-refractivity contribution in [1.82, 2.24) is 10.2 Å². The van der Waals surface area contributed by atoms with Crippen LogP contribution in [0.15, 0.2) is 60.7 Å². The topological polar surface area (TPSA) is 85.9 Å². The molecule has 148 valence electrons. The van der Waals surface area contributed by atoms with Gasteiger partial charge in [0.05, 0.1) is 0 Å². The van der Waals surface area contributed by atoms with Gasteiger partial charge < -0.3 is 0 Å². The van der Waals surface area contributed by atoms with E-state index in [9.17, 15) is 9.59 Å². The van der Waals surface area contributed by atoms with Crippen LogP contribution in [0.1, 0.15) is 18.1 Å². The Kier molecular flexibility index (Phi) is 4.93. The molecule has 0 amide bonds. The monoisotopic (exact) mass is 402 g/mol. The Morgan fingerprint density at radius 1 is 0.821 bits per heavy atom. The van der Waals surface area contributed by atoms with Crippen molar-refractivity contribution >= 4 is 19.5 Å². The van der Waals surface area contributed by atoms with Gasteiger partial charge in [0.1, 0.15) is 0 Å². The van der Waals surface area contributed by atoms with Gasteiger partial charge in [0.2, 0.25) is 0 Å². The van der Waals surface area contributed by atoms with Crippen molar-refractivity contribution in [2.45, 2.75) is 31.8 Å². The first kappa shape index (κ1) is 19.0. The first-order valence-electron chi connectivity index (χ1n) is 9.31. The summed E-state index contributed by atoms with van der Waals surface area (Å²) in [6.07, 6.45) is 0.820. The molecule has 1 spiro atoms. The average molecular weight is 402 g/mol. The van der Waals surface area contributed by atoms with Crippen molar-refractivity contribution in [3.63, 3.8) is 0 Å². The van der Waals surface area contributed by atoms with E-state index < -0.39 is 31.6 Å². The second kappa shape index (κ2) is 7.26. The third kappa shape index (κ3) is 3.54. The maximum atomic E-state index is 12.6. The second-order valence-corrected chi connectivity index (χ2v) is 9.77. The van der Waals surface area contributed by atoms with Crippen LogP contribution in [0.5, 0.6) is 0 Å². The Balaban J connectivity index is 1.57. The number of benzene rings is 2. The number of nitrogens with one attached hydrogen (secondary N) is 2. The van der Waals surface area contributed by atoms with E-state index in [2.05, 4.69) is 10.2 Å². The summed E-state index contributed by atoms with van der Waals surface area (Å²) in [6, 6.07) is 17.8. The SMILES string of the molecule is CCOP12(N[C@@H](Cc3ccccc3)C(=O)O1)N[C@@H](Cc1ccccc1)C(=O)O2. The molecule has 2 aliphatic rings. The maximum absolute atomic E-state index is 12.6. The molecule has 8 heteroatoms. The molecule has 2 fully saturated rings. The summed E-state index contributed by atoms with van der Waals surface area (Å²) in [7, 11) is -4.27. The van der Waals surface area contributed by atoms with Gasteiger partial charge >= 0.3 is 163 Å². The van der Waals surface area contributed by atoms with Crippen molar-refractivity contribution in [3.8, 4) is 0 Å². The fraction of sp³-hybridized carbons (Fsp3) is 0.300. The summed E-state index contributed by atoms with van der Waals surface area (Å²) in [5, 5.41) is 6.22. The van der Waals surface area contributed by atoms with Gasteiger partial charge in [-0.15, -0.1) is 0 Å². The Morgan fingerprint density at radius 2 is 1.25 bits per heavy atom. The van der Waals surface area contributed by atoms with Crippen molar-refractivity contribution < 1.29 is 23.2 Å². The minimum atomic E-state index is -4.27. The van der Waals surface area contributed by atoms with Crippen LogP contribution in [-0.2, 0) is 36.0 Å². The van der Waals surface area contributed by atoms with E-state index in [-0.39, 0.29) is 6.61 Å². The average Bonchev–Trinajstić information content (AvgIpc) is 3.10. The van der Waals surface area contributed by atoms with Crippen LogP contribution in [-0.4, -0.2) is 30.6 Å². The van der Waals surface area contributed by atoms with Gasteiger partial charge in [-0.05, 0) is 0 Å². The van der Waals surface area contributed by atoms with Crippen LogP contribution in [0.25, 0.3) is 0 Å². The van der Waals surface area contributed by atoms with Crippen molar-refractivity contribution in [2.24, 2.45) is 0 Å². The predicted octanol–water partition coefficient (Wildman–Crippen LogP) is 2.67. The number of hydrogen-bond donors (Lipinski definition) is 2. The zero-order chi connectivity index (χ0) is 19.6. The summed E-state index contributed by atoms with van der Waals surface area (Å²) >= 11 is 0. The van der Waals surface area contributed by atoms with E-state index in [0.717, 1.165) is 11.1 Å². The molecule has 4 rings (SSSR count). The Labute approximate surface area is 163 Å². The summed E-state index contributed by atoms with van der Waals surface area (Å²) < 4.78 is 17.2. The number of carbonyl (C=O) groups is 2. The van der Waals surface area contributed by atoms with Crippen molar-refractivity contribution in [2.75, 3.05) is 6.61 Å². The fourth-order valence-electron chi connectivity index (χ4n) is 3.58. The Morgan fingerprint density at radius 3 is 1.64 bits per heavy atom. The van der Waals surface area contributed by atoms with Gasteiger partial charge in [-0.2, -0.15) is 0 Å². The third-order valence-electron chi connectivity index (χ3n) is 4.77. The van der Waals surface area contributed by atoms with E-state index in [1.54, 1.807) is 6.92 Å². The number of carbonyl (C=O) groups excluding carboxylic acids is 2. The molecule has 2 saturated heterocycles. The van der Waals surface area contributed by atoms with Crippen LogP contribution in [0.4, 0.5) is 0 Å². The van der Waals surface area contributed by atoms with Gasteiger partial charge in [0.15, 0.2) is 0 Å². The molecule has 0 radical (unpaired) electrons. The van der Waals surface area contributed by atoms with Crippen LogP contribution >= 0.6 is 7.59 Å². The van der Waals surface area contributed by atoms with Crippen molar-refractivity contribution in [3.05, 3.63) is 71.8 Å². The predicted molar refractivity (Wildman–Crippen MR) is 105 cm³/mol. The molecule has 2 aromatic carbocycles. The van der Waals surface area contributed by atoms with E-state index in [0.29, 0.717) is 12.8 Å². The van der Waals surface area contributed by atoms with E-state index in [1.165, 1.54) is 0 Å². The molecule has 28 heavy (non-hydrogen) atoms. The second-order valence-electron chi connectivity index (χ2n) is 6.86. The quantitative estimate of drug-likeness (QED) is 0.719. The molecule has 0 unspecified atom stereocenters. The van der Waals surface area contributed by atoms with Crippen LogP contribution in [0.3, 0.4) is 0 Å². The van der Waals surface area contributed by atoms with Crippen LogP contribution in [0.2, 0.25) is 0 Å². The van der Waals surface area contributed by atoms with Gasteiger partial charge in [-0.3, -0.25) is 0 Å².